The van der Waals surface area contributed by atoms with Crippen LogP contribution in [0.4, 0.5) is 13.2 Å². The Kier molecular flexibility index (Phi) is 5.06. The van der Waals surface area contributed by atoms with E-state index in [4.69, 9.17) is 14.6 Å². The first-order valence-corrected chi connectivity index (χ1v) is 8.95. The third-order valence-electron chi connectivity index (χ3n) is 5.28. The van der Waals surface area contributed by atoms with Gasteiger partial charge < -0.3 is 9.31 Å². The number of alkyl halides is 3. The molecule has 5 nitrogen and oxygen atoms in total. The normalized spacial score (nSPS) is 18.3. The van der Waals surface area contributed by atoms with E-state index in [1.807, 2.05) is 27.7 Å². The van der Waals surface area contributed by atoms with Gasteiger partial charge in [0.05, 0.1) is 39.8 Å². The van der Waals surface area contributed by atoms with E-state index in [0.29, 0.717) is 18.4 Å². The lowest BCUT2D eigenvalue weighted by atomic mass is 9.82. The highest BCUT2D eigenvalue weighted by molar-refractivity contribution is 6.45. The van der Waals surface area contributed by atoms with Crippen LogP contribution in [-0.2, 0) is 21.9 Å². The molecule has 3 rings (SSSR count). The molecule has 1 fully saturated rings. The molecule has 2 heterocycles. The Balaban J connectivity index is 1.72. The quantitative estimate of drug-likeness (QED) is 0.725. The molecule has 0 atom stereocenters. The fraction of sp³-hybridized carbons (Fsp3) is 0.474. The van der Waals surface area contributed by atoms with Crippen LogP contribution < -0.4 is 0 Å². The van der Waals surface area contributed by atoms with Gasteiger partial charge >= 0.3 is 13.3 Å². The van der Waals surface area contributed by atoms with Gasteiger partial charge in [-0.2, -0.15) is 23.5 Å². The van der Waals surface area contributed by atoms with E-state index in [1.165, 1.54) is 10.7 Å². The van der Waals surface area contributed by atoms with Crippen LogP contribution in [0.25, 0.3) is 5.69 Å². The van der Waals surface area contributed by atoms with Gasteiger partial charge in [-0.15, -0.1) is 0 Å². The summed E-state index contributed by atoms with van der Waals surface area (Å²) in [6.07, 6.45) is -1.85. The van der Waals surface area contributed by atoms with Crippen molar-refractivity contribution in [2.45, 2.75) is 57.8 Å². The number of aryl methyl sites for hydroxylation is 1. The highest BCUT2D eigenvalue weighted by Gasteiger charge is 2.50. The van der Waals surface area contributed by atoms with Crippen LogP contribution in [0.5, 0.6) is 0 Å². The van der Waals surface area contributed by atoms with E-state index >= 15 is 0 Å². The Labute approximate surface area is 162 Å². The SMILES string of the molecule is CC1(C)OB(CCc2ccn(-c3ccc(C#N)c(C(F)(F)F)c3)n2)OC1(C)C. The molecule has 2 aromatic rings. The van der Waals surface area contributed by atoms with Gasteiger partial charge in [-0.3, -0.25) is 0 Å². The number of nitrogens with zero attached hydrogens (tertiary/aromatic N) is 3. The van der Waals surface area contributed by atoms with Gasteiger partial charge in [0, 0.05) is 6.20 Å². The van der Waals surface area contributed by atoms with Gasteiger partial charge in [-0.25, -0.2) is 4.68 Å². The first kappa shape index (κ1) is 20.4. The maximum atomic E-state index is 13.1. The fourth-order valence-electron chi connectivity index (χ4n) is 2.99. The summed E-state index contributed by atoms with van der Waals surface area (Å²) in [6, 6.07) is 6.85. The molecule has 148 valence electrons. The second-order valence-electron chi connectivity index (χ2n) is 7.82. The smallest absolute Gasteiger partial charge is 0.403 e. The lowest BCUT2D eigenvalue weighted by Crippen LogP contribution is -2.41. The van der Waals surface area contributed by atoms with E-state index in [-0.39, 0.29) is 12.8 Å². The van der Waals surface area contributed by atoms with Crippen LogP contribution in [-0.4, -0.2) is 28.1 Å². The lowest BCUT2D eigenvalue weighted by Gasteiger charge is -2.32. The number of nitriles is 1. The number of benzene rings is 1. The molecule has 0 N–H and O–H groups in total. The maximum Gasteiger partial charge on any atom is 0.458 e. The summed E-state index contributed by atoms with van der Waals surface area (Å²) < 4.78 is 52.7. The van der Waals surface area contributed by atoms with Crippen molar-refractivity contribution in [2.75, 3.05) is 0 Å². The number of halogens is 3. The molecule has 28 heavy (non-hydrogen) atoms. The first-order valence-electron chi connectivity index (χ1n) is 8.95. The zero-order chi connectivity index (χ0) is 20.7. The predicted octanol–water partition coefficient (Wildman–Crippen LogP) is 4.40. The molecule has 1 aliphatic rings. The van der Waals surface area contributed by atoms with Gasteiger partial charge in [-0.1, -0.05) is 0 Å². The Morgan fingerprint density at radius 1 is 1.14 bits per heavy atom. The van der Waals surface area contributed by atoms with Crippen LogP contribution in [0, 0.1) is 11.3 Å². The zero-order valence-electron chi connectivity index (χ0n) is 16.2. The van der Waals surface area contributed by atoms with Crippen molar-refractivity contribution < 1.29 is 22.5 Å². The highest BCUT2D eigenvalue weighted by atomic mass is 19.4. The number of rotatable bonds is 4. The monoisotopic (exact) mass is 391 g/mol. The van der Waals surface area contributed by atoms with Crippen LogP contribution in [0.2, 0.25) is 6.32 Å². The Morgan fingerprint density at radius 2 is 1.79 bits per heavy atom. The summed E-state index contributed by atoms with van der Waals surface area (Å²) in [6.45, 7) is 7.91. The Morgan fingerprint density at radius 3 is 2.36 bits per heavy atom. The second kappa shape index (κ2) is 6.94. The van der Waals surface area contributed by atoms with Crippen LogP contribution in [0.1, 0.15) is 44.5 Å². The van der Waals surface area contributed by atoms with E-state index in [0.717, 1.165) is 12.1 Å². The molecule has 0 spiro atoms. The number of hydrogen-bond acceptors (Lipinski definition) is 4. The van der Waals surface area contributed by atoms with Crippen molar-refractivity contribution in [2.24, 2.45) is 0 Å². The van der Waals surface area contributed by atoms with Gasteiger partial charge in [0.25, 0.3) is 0 Å². The van der Waals surface area contributed by atoms with Crippen molar-refractivity contribution >= 4 is 7.12 Å². The van der Waals surface area contributed by atoms with Gasteiger partial charge in [0.15, 0.2) is 0 Å². The molecule has 0 aliphatic carbocycles. The Hall–Kier alpha value is -2.31. The van der Waals surface area contributed by atoms with Crippen molar-refractivity contribution in [1.29, 1.82) is 5.26 Å². The molecule has 1 aromatic carbocycles. The molecule has 0 radical (unpaired) electrons. The second-order valence-corrected chi connectivity index (χ2v) is 7.82. The summed E-state index contributed by atoms with van der Waals surface area (Å²) in [5, 5.41) is 13.2. The molecule has 0 unspecified atom stereocenters. The summed E-state index contributed by atoms with van der Waals surface area (Å²) in [5.74, 6) is 0. The molecular weight excluding hydrogens is 370 g/mol. The maximum absolute atomic E-state index is 13.1. The average Bonchev–Trinajstić information content (AvgIpc) is 3.14. The van der Waals surface area contributed by atoms with Crippen LogP contribution in [0.15, 0.2) is 30.5 Å². The molecule has 0 amide bonds. The summed E-state index contributed by atoms with van der Waals surface area (Å²) >= 11 is 0. The summed E-state index contributed by atoms with van der Waals surface area (Å²) in [4.78, 5) is 0. The first-order chi connectivity index (χ1) is 12.9. The van der Waals surface area contributed by atoms with Gasteiger partial charge in [-0.05, 0) is 64.7 Å². The van der Waals surface area contributed by atoms with E-state index < -0.39 is 28.5 Å². The third kappa shape index (κ3) is 3.93. The van der Waals surface area contributed by atoms with Crippen molar-refractivity contribution in [3.05, 3.63) is 47.3 Å². The highest BCUT2D eigenvalue weighted by Crippen LogP contribution is 2.38. The van der Waals surface area contributed by atoms with Crippen molar-refractivity contribution in [3.8, 4) is 11.8 Å². The standard InChI is InChI=1S/C19H21BF3N3O2/c1-17(2)18(3,4)28-20(27-17)9-7-14-8-10-26(25-14)15-6-5-13(12-24)16(11-15)19(21,22)23/h5-6,8,10-11H,7,9H2,1-4H3. The largest absolute Gasteiger partial charge is 0.458 e. The van der Waals surface area contributed by atoms with Crippen molar-refractivity contribution in [3.63, 3.8) is 0 Å². The molecule has 9 heteroatoms. The summed E-state index contributed by atoms with van der Waals surface area (Å²) in [7, 11) is -0.359. The fourth-order valence-corrected chi connectivity index (χ4v) is 2.99. The molecule has 0 saturated carbocycles. The molecule has 1 saturated heterocycles. The minimum absolute atomic E-state index is 0.244. The molecule has 1 aliphatic heterocycles. The molecule has 0 bridgehead atoms. The van der Waals surface area contributed by atoms with E-state index in [9.17, 15) is 13.2 Å². The van der Waals surface area contributed by atoms with E-state index in [1.54, 1.807) is 18.3 Å². The molecular formula is C19H21BF3N3O2. The number of hydrogen-bond donors (Lipinski definition) is 0. The molecule has 1 aromatic heterocycles. The van der Waals surface area contributed by atoms with E-state index in [2.05, 4.69) is 5.10 Å². The van der Waals surface area contributed by atoms with Crippen LogP contribution >= 0.6 is 0 Å². The minimum Gasteiger partial charge on any atom is -0.403 e. The Bertz CT molecular complexity index is 900. The summed E-state index contributed by atoms with van der Waals surface area (Å²) in [5.41, 5.74) is -1.24. The van der Waals surface area contributed by atoms with Gasteiger partial charge in [0.2, 0.25) is 0 Å². The predicted molar refractivity (Wildman–Crippen MR) is 97.9 cm³/mol. The lowest BCUT2D eigenvalue weighted by molar-refractivity contribution is -0.137. The van der Waals surface area contributed by atoms with Gasteiger partial charge in [0.1, 0.15) is 0 Å². The topological polar surface area (TPSA) is 60.1 Å². The third-order valence-corrected chi connectivity index (χ3v) is 5.28. The zero-order valence-corrected chi connectivity index (χ0v) is 16.2. The number of aromatic nitrogens is 2. The minimum atomic E-state index is -4.60. The average molecular weight is 391 g/mol. The van der Waals surface area contributed by atoms with Crippen LogP contribution in [0.3, 0.4) is 0 Å². The van der Waals surface area contributed by atoms with Crippen molar-refractivity contribution in [1.82, 2.24) is 9.78 Å².